The Hall–Kier alpha value is -3.55. The lowest BCUT2D eigenvalue weighted by atomic mass is 9.99. The Morgan fingerprint density at radius 2 is 1.69 bits per heavy atom. The number of methoxy groups -OCH3 is 1. The molecular formula is C25H23N5OS. The Labute approximate surface area is 190 Å². The summed E-state index contributed by atoms with van der Waals surface area (Å²) >= 11 is 1.68. The van der Waals surface area contributed by atoms with E-state index < -0.39 is 0 Å². The lowest BCUT2D eigenvalue weighted by Crippen LogP contribution is -2.10. The van der Waals surface area contributed by atoms with Crippen LogP contribution in [-0.4, -0.2) is 39.8 Å². The third-order valence-electron chi connectivity index (χ3n) is 5.27. The van der Waals surface area contributed by atoms with Gasteiger partial charge in [0.2, 0.25) is 0 Å². The highest BCUT2D eigenvalue weighted by Gasteiger charge is 2.22. The molecule has 32 heavy (non-hydrogen) atoms. The molecule has 0 bridgehead atoms. The number of aromatic nitrogens is 4. The molecule has 3 heterocycles. The molecule has 0 saturated heterocycles. The van der Waals surface area contributed by atoms with Crippen LogP contribution in [0.25, 0.3) is 43.4 Å². The van der Waals surface area contributed by atoms with Crippen LogP contribution in [0.2, 0.25) is 0 Å². The Morgan fingerprint density at radius 3 is 2.34 bits per heavy atom. The van der Waals surface area contributed by atoms with E-state index in [4.69, 9.17) is 14.7 Å². The summed E-state index contributed by atoms with van der Waals surface area (Å²) < 4.78 is 7.20. The highest BCUT2D eigenvalue weighted by molar-refractivity contribution is 7.22. The van der Waals surface area contributed by atoms with Crippen molar-refractivity contribution in [2.75, 3.05) is 25.6 Å². The summed E-state index contributed by atoms with van der Waals surface area (Å²) in [7, 11) is 3.65. The minimum atomic E-state index is 0.583. The van der Waals surface area contributed by atoms with Crippen molar-refractivity contribution in [2.24, 2.45) is 7.05 Å². The number of hydrogen-bond donors (Lipinski definition) is 1. The highest BCUT2D eigenvalue weighted by Crippen LogP contribution is 2.46. The zero-order valence-corrected chi connectivity index (χ0v) is 18.8. The average molecular weight is 442 g/mol. The van der Waals surface area contributed by atoms with E-state index in [1.807, 2.05) is 29.9 Å². The Morgan fingerprint density at radius 1 is 0.969 bits per heavy atom. The van der Waals surface area contributed by atoms with Crippen molar-refractivity contribution in [3.8, 4) is 33.2 Å². The first-order valence-electron chi connectivity index (χ1n) is 10.4. The number of nitrogens with zero attached hydrogens (tertiary/aromatic N) is 4. The standard InChI is InChI=1S/C25H23N5OS/c1-30-15-13-27-24(30)23-28-22(26-14-16-31-2)20-19(17-9-5-3-6-10-17)21(32-25(20)29-23)18-11-7-4-8-12-18/h3-13,15H,14,16H2,1-2H3,(H,26,28,29). The van der Waals surface area contributed by atoms with Gasteiger partial charge in [-0.1, -0.05) is 60.7 Å². The molecule has 0 radical (unpaired) electrons. The zero-order valence-electron chi connectivity index (χ0n) is 17.9. The van der Waals surface area contributed by atoms with Crippen molar-refractivity contribution in [1.82, 2.24) is 19.5 Å². The number of rotatable bonds is 7. The fourth-order valence-electron chi connectivity index (χ4n) is 3.75. The van der Waals surface area contributed by atoms with Crippen LogP contribution in [0.1, 0.15) is 0 Å². The van der Waals surface area contributed by atoms with Crippen molar-refractivity contribution in [3.63, 3.8) is 0 Å². The van der Waals surface area contributed by atoms with E-state index in [9.17, 15) is 0 Å². The van der Waals surface area contributed by atoms with E-state index in [2.05, 4.69) is 58.8 Å². The molecule has 0 aliphatic rings. The Balaban J connectivity index is 1.80. The fraction of sp³-hybridized carbons (Fsp3) is 0.160. The number of aryl methyl sites for hydroxylation is 1. The minimum Gasteiger partial charge on any atom is -0.383 e. The molecule has 5 rings (SSSR count). The van der Waals surface area contributed by atoms with Crippen LogP contribution in [0.4, 0.5) is 5.82 Å². The van der Waals surface area contributed by atoms with Crippen LogP contribution in [0.3, 0.4) is 0 Å². The van der Waals surface area contributed by atoms with Gasteiger partial charge in [-0.05, 0) is 11.1 Å². The van der Waals surface area contributed by atoms with Crippen LogP contribution in [0.15, 0.2) is 73.1 Å². The maximum absolute atomic E-state index is 5.27. The van der Waals surface area contributed by atoms with Crippen LogP contribution in [-0.2, 0) is 11.8 Å². The van der Waals surface area contributed by atoms with Gasteiger partial charge in [-0.2, -0.15) is 0 Å². The van der Waals surface area contributed by atoms with Gasteiger partial charge in [-0.25, -0.2) is 15.0 Å². The number of ether oxygens (including phenoxy) is 1. The number of hydrogen-bond acceptors (Lipinski definition) is 6. The van der Waals surface area contributed by atoms with Gasteiger partial charge >= 0.3 is 0 Å². The lowest BCUT2D eigenvalue weighted by Gasteiger charge is -2.11. The van der Waals surface area contributed by atoms with E-state index >= 15 is 0 Å². The summed E-state index contributed by atoms with van der Waals surface area (Å²) in [5.74, 6) is 2.13. The molecular weight excluding hydrogens is 418 g/mol. The molecule has 0 unspecified atom stereocenters. The van der Waals surface area contributed by atoms with Crippen molar-refractivity contribution in [2.45, 2.75) is 0 Å². The number of fused-ring (bicyclic) bond motifs is 1. The zero-order chi connectivity index (χ0) is 21.9. The van der Waals surface area contributed by atoms with Gasteiger partial charge in [-0.3, -0.25) is 0 Å². The van der Waals surface area contributed by atoms with E-state index in [1.165, 1.54) is 4.88 Å². The largest absolute Gasteiger partial charge is 0.383 e. The van der Waals surface area contributed by atoms with E-state index in [1.54, 1.807) is 24.6 Å². The summed E-state index contributed by atoms with van der Waals surface area (Å²) in [6.07, 6.45) is 3.67. The average Bonchev–Trinajstić information content (AvgIpc) is 3.44. The SMILES string of the molecule is COCCNc1nc(-c2nccn2C)nc2sc(-c3ccccc3)c(-c3ccccc3)c12. The van der Waals surface area contributed by atoms with Gasteiger partial charge in [0.05, 0.1) is 12.0 Å². The number of nitrogens with one attached hydrogen (secondary N) is 1. The second-order valence-corrected chi connectivity index (χ2v) is 8.39. The van der Waals surface area contributed by atoms with Crippen LogP contribution >= 0.6 is 11.3 Å². The van der Waals surface area contributed by atoms with Crippen molar-refractivity contribution in [3.05, 3.63) is 73.1 Å². The number of benzene rings is 2. The van der Waals surface area contributed by atoms with Crippen molar-refractivity contribution >= 4 is 27.4 Å². The summed E-state index contributed by atoms with van der Waals surface area (Å²) in [5, 5.41) is 4.50. The number of thiophene rings is 1. The minimum absolute atomic E-state index is 0.583. The Kier molecular flexibility index (Phi) is 5.66. The molecule has 7 heteroatoms. The summed E-state index contributed by atoms with van der Waals surface area (Å²) in [4.78, 5) is 16.4. The Bertz CT molecular complexity index is 1350. The molecule has 0 aliphatic heterocycles. The van der Waals surface area contributed by atoms with Crippen LogP contribution in [0, 0.1) is 0 Å². The lowest BCUT2D eigenvalue weighted by molar-refractivity contribution is 0.210. The molecule has 0 amide bonds. The summed E-state index contributed by atoms with van der Waals surface area (Å²) in [6.45, 7) is 1.23. The third kappa shape index (κ3) is 3.77. The predicted molar refractivity (Wildman–Crippen MR) is 131 cm³/mol. The smallest absolute Gasteiger partial charge is 0.199 e. The molecule has 0 atom stereocenters. The topological polar surface area (TPSA) is 64.9 Å². The molecule has 0 aliphatic carbocycles. The van der Waals surface area contributed by atoms with Crippen LogP contribution in [0.5, 0.6) is 0 Å². The molecule has 3 aromatic heterocycles. The van der Waals surface area contributed by atoms with Crippen molar-refractivity contribution in [1.29, 1.82) is 0 Å². The first-order chi connectivity index (χ1) is 15.8. The van der Waals surface area contributed by atoms with Gasteiger partial charge in [-0.15, -0.1) is 11.3 Å². The molecule has 6 nitrogen and oxygen atoms in total. The van der Waals surface area contributed by atoms with Gasteiger partial charge in [0.15, 0.2) is 11.6 Å². The van der Waals surface area contributed by atoms with E-state index in [0.29, 0.717) is 19.0 Å². The molecule has 1 N–H and O–H groups in total. The van der Waals surface area contributed by atoms with Gasteiger partial charge < -0.3 is 14.6 Å². The van der Waals surface area contributed by atoms with Crippen molar-refractivity contribution < 1.29 is 4.74 Å². The second-order valence-electron chi connectivity index (χ2n) is 7.40. The van der Waals surface area contributed by atoms with Gasteiger partial charge in [0.25, 0.3) is 0 Å². The number of imidazole rings is 1. The molecule has 160 valence electrons. The molecule has 2 aromatic carbocycles. The van der Waals surface area contributed by atoms with Crippen LogP contribution < -0.4 is 5.32 Å². The monoisotopic (exact) mass is 441 g/mol. The second kappa shape index (κ2) is 8.90. The summed E-state index contributed by atoms with van der Waals surface area (Å²) in [5.41, 5.74) is 3.44. The molecule has 0 fully saturated rings. The van der Waals surface area contributed by atoms with Gasteiger partial charge in [0.1, 0.15) is 10.6 Å². The highest BCUT2D eigenvalue weighted by atomic mass is 32.1. The van der Waals surface area contributed by atoms with Gasteiger partial charge in [0, 0.05) is 43.5 Å². The predicted octanol–water partition coefficient (Wildman–Crippen LogP) is 5.48. The van der Waals surface area contributed by atoms with E-state index in [-0.39, 0.29) is 0 Å². The summed E-state index contributed by atoms with van der Waals surface area (Å²) in [6, 6.07) is 20.9. The first kappa shape index (κ1) is 20.4. The third-order valence-corrected chi connectivity index (χ3v) is 6.40. The number of anilines is 1. The normalized spacial score (nSPS) is 11.2. The molecule has 0 saturated carbocycles. The maximum atomic E-state index is 5.27. The quantitative estimate of drug-likeness (QED) is 0.339. The molecule has 5 aromatic rings. The maximum Gasteiger partial charge on any atom is 0.199 e. The fourth-order valence-corrected chi connectivity index (χ4v) is 4.96. The molecule has 0 spiro atoms. The van der Waals surface area contributed by atoms with E-state index in [0.717, 1.165) is 38.5 Å². The first-order valence-corrected chi connectivity index (χ1v) is 11.2.